The van der Waals surface area contributed by atoms with E-state index in [2.05, 4.69) is 24.1 Å². The van der Waals surface area contributed by atoms with Crippen LogP contribution in [0.15, 0.2) is 18.2 Å². The predicted octanol–water partition coefficient (Wildman–Crippen LogP) is 3.59. The van der Waals surface area contributed by atoms with Gasteiger partial charge in [-0.1, -0.05) is 26.0 Å². The Morgan fingerprint density at radius 3 is 2.48 bits per heavy atom. The third-order valence-corrected chi connectivity index (χ3v) is 4.72. The van der Waals surface area contributed by atoms with Gasteiger partial charge in [-0.15, -0.1) is 0 Å². The Hall–Kier alpha value is -1.00. The van der Waals surface area contributed by atoms with E-state index in [-0.39, 0.29) is 6.04 Å². The van der Waals surface area contributed by atoms with Crippen LogP contribution in [-0.4, -0.2) is 31.6 Å². The molecular formula is C17H26F2N2. The van der Waals surface area contributed by atoms with E-state index in [4.69, 9.17) is 0 Å². The average molecular weight is 296 g/mol. The van der Waals surface area contributed by atoms with Crippen molar-refractivity contribution in [3.05, 3.63) is 35.4 Å². The summed E-state index contributed by atoms with van der Waals surface area (Å²) in [6.07, 6.45) is 2.39. The fourth-order valence-electron chi connectivity index (χ4n) is 3.20. The average Bonchev–Trinajstić information content (AvgIpc) is 2.48. The highest BCUT2D eigenvalue weighted by molar-refractivity contribution is 5.23. The van der Waals surface area contributed by atoms with Crippen molar-refractivity contribution in [2.75, 3.05) is 26.7 Å². The van der Waals surface area contributed by atoms with Crippen LogP contribution >= 0.6 is 0 Å². The number of benzene rings is 1. The maximum Gasteiger partial charge on any atom is 0.163 e. The summed E-state index contributed by atoms with van der Waals surface area (Å²) in [5, 5.41) is 3.12. The maximum atomic E-state index is 13.9. The van der Waals surface area contributed by atoms with Gasteiger partial charge in [0.15, 0.2) is 11.6 Å². The number of likely N-dealkylation sites (N-methyl/N-ethyl adjacent to an activating group) is 1. The van der Waals surface area contributed by atoms with Gasteiger partial charge in [0.05, 0.1) is 0 Å². The largest absolute Gasteiger partial charge is 0.312 e. The zero-order valence-corrected chi connectivity index (χ0v) is 13.2. The molecule has 118 valence electrons. The van der Waals surface area contributed by atoms with Crippen LogP contribution in [-0.2, 0) is 0 Å². The Bertz CT molecular complexity index is 454. The van der Waals surface area contributed by atoms with Gasteiger partial charge in [0.1, 0.15) is 0 Å². The molecule has 1 saturated heterocycles. The van der Waals surface area contributed by atoms with Gasteiger partial charge in [0.2, 0.25) is 0 Å². The second kappa shape index (κ2) is 7.32. The second-order valence-electron chi connectivity index (χ2n) is 6.37. The number of nitrogens with one attached hydrogen (secondary N) is 1. The quantitative estimate of drug-likeness (QED) is 0.893. The van der Waals surface area contributed by atoms with Gasteiger partial charge >= 0.3 is 0 Å². The molecule has 0 aliphatic carbocycles. The number of rotatable bonds is 5. The monoisotopic (exact) mass is 296 g/mol. The number of hydrogen-bond donors (Lipinski definition) is 1. The first kappa shape index (κ1) is 16.4. The molecule has 1 fully saturated rings. The molecule has 1 N–H and O–H groups in total. The summed E-state index contributed by atoms with van der Waals surface area (Å²) in [6, 6.07) is 4.24. The summed E-state index contributed by atoms with van der Waals surface area (Å²) >= 11 is 0. The zero-order valence-electron chi connectivity index (χ0n) is 13.2. The third-order valence-electron chi connectivity index (χ3n) is 4.72. The van der Waals surface area contributed by atoms with Gasteiger partial charge in [-0.05, 0) is 50.9 Å². The van der Waals surface area contributed by atoms with Crippen molar-refractivity contribution in [2.24, 2.45) is 11.8 Å². The van der Waals surface area contributed by atoms with Crippen LogP contribution in [0.5, 0.6) is 0 Å². The van der Waals surface area contributed by atoms with Crippen LogP contribution in [0.2, 0.25) is 0 Å². The molecule has 0 aromatic heterocycles. The van der Waals surface area contributed by atoms with Gasteiger partial charge in [0.25, 0.3) is 0 Å². The molecule has 4 heteroatoms. The lowest BCUT2D eigenvalue weighted by molar-refractivity contribution is 0.146. The summed E-state index contributed by atoms with van der Waals surface area (Å²) in [4.78, 5) is 2.35. The number of halogens is 2. The summed E-state index contributed by atoms with van der Waals surface area (Å²) in [5.41, 5.74) is 0.420. The minimum atomic E-state index is -0.772. The highest BCUT2D eigenvalue weighted by atomic mass is 19.2. The van der Waals surface area contributed by atoms with Crippen LogP contribution in [0, 0.1) is 23.5 Å². The lowest BCUT2D eigenvalue weighted by atomic mass is 9.86. The Labute approximate surface area is 126 Å². The molecule has 1 aliphatic rings. The van der Waals surface area contributed by atoms with E-state index in [9.17, 15) is 8.78 Å². The Morgan fingerprint density at radius 2 is 1.90 bits per heavy atom. The lowest BCUT2D eigenvalue weighted by Gasteiger charge is -2.35. The van der Waals surface area contributed by atoms with E-state index >= 15 is 0 Å². The van der Waals surface area contributed by atoms with Crippen LogP contribution in [0.4, 0.5) is 8.78 Å². The standard InChI is InChI=1S/C17H26F2N2/c1-12(2)13-7-9-21(10-8-13)11-16(20-3)14-5-4-6-15(18)17(14)19/h4-6,12-13,16,20H,7-11H2,1-3H3. The van der Waals surface area contributed by atoms with Crippen molar-refractivity contribution in [1.29, 1.82) is 0 Å². The normalized spacial score (nSPS) is 19.1. The molecule has 0 radical (unpaired) electrons. The second-order valence-corrected chi connectivity index (χ2v) is 6.37. The molecule has 2 rings (SSSR count). The zero-order chi connectivity index (χ0) is 15.4. The third kappa shape index (κ3) is 4.01. The summed E-state index contributed by atoms with van der Waals surface area (Å²) in [5.74, 6) is 0.0216. The first-order valence-corrected chi connectivity index (χ1v) is 7.86. The van der Waals surface area contributed by atoms with Crippen LogP contribution in [0.1, 0.15) is 38.3 Å². The number of hydrogen-bond acceptors (Lipinski definition) is 2. The van der Waals surface area contributed by atoms with Crippen LogP contribution in [0.3, 0.4) is 0 Å². The molecule has 1 atom stereocenters. The Morgan fingerprint density at radius 1 is 1.24 bits per heavy atom. The molecule has 1 heterocycles. The first-order valence-electron chi connectivity index (χ1n) is 7.86. The molecule has 1 aromatic rings. The van der Waals surface area contributed by atoms with Gasteiger partial charge < -0.3 is 10.2 Å². The Kier molecular flexibility index (Phi) is 5.71. The summed E-state index contributed by atoms with van der Waals surface area (Å²) in [6.45, 7) is 7.36. The molecular weight excluding hydrogens is 270 g/mol. The first-order chi connectivity index (χ1) is 10.0. The number of likely N-dealkylation sites (tertiary alicyclic amines) is 1. The van der Waals surface area contributed by atoms with E-state index in [0.29, 0.717) is 5.56 Å². The molecule has 1 unspecified atom stereocenters. The molecule has 0 bridgehead atoms. The molecule has 0 amide bonds. The predicted molar refractivity (Wildman–Crippen MR) is 82.2 cm³/mol. The van der Waals surface area contributed by atoms with Crippen molar-refractivity contribution in [1.82, 2.24) is 10.2 Å². The molecule has 1 aromatic carbocycles. The van der Waals surface area contributed by atoms with E-state index in [0.717, 1.165) is 31.5 Å². The van der Waals surface area contributed by atoms with Crippen LogP contribution in [0.25, 0.3) is 0 Å². The number of piperidine rings is 1. The van der Waals surface area contributed by atoms with Crippen molar-refractivity contribution in [3.8, 4) is 0 Å². The van der Waals surface area contributed by atoms with E-state index in [1.807, 2.05) is 0 Å². The lowest BCUT2D eigenvalue weighted by Crippen LogP contribution is -2.40. The van der Waals surface area contributed by atoms with E-state index in [1.54, 1.807) is 19.2 Å². The highest BCUT2D eigenvalue weighted by Crippen LogP contribution is 2.26. The smallest absolute Gasteiger partial charge is 0.163 e. The van der Waals surface area contributed by atoms with Crippen molar-refractivity contribution < 1.29 is 8.78 Å². The topological polar surface area (TPSA) is 15.3 Å². The van der Waals surface area contributed by atoms with Gasteiger partial charge in [-0.25, -0.2) is 8.78 Å². The van der Waals surface area contributed by atoms with Gasteiger partial charge in [0, 0.05) is 18.2 Å². The molecule has 0 spiro atoms. The van der Waals surface area contributed by atoms with Gasteiger partial charge in [-0.2, -0.15) is 0 Å². The minimum absolute atomic E-state index is 0.170. The van der Waals surface area contributed by atoms with Gasteiger partial charge in [-0.3, -0.25) is 0 Å². The van der Waals surface area contributed by atoms with E-state index < -0.39 is 11.6 Å². The van der Waals surface area contributed by atoms with Crippen molar-refractivity contribution in [3.63, 3.8) is 0 Å². The van der Waals surface area contributed by atoms with E-state index in [1.165, 1.54) is 18.9 Å². The highest BCUT2D eigenvalue weighted by Gasteiger charge is 2.25. The maximum absolute atomic E-state index is 13.9. The summed E-state index contributed by atoms with van der Waals surface area (Å²) in [7, 11) is 1.80. The Balaban J connectivity index is 1.99. The summed E-state index contributed by atoms with van der Waals surface area (Å²) < 4.78 is 27.3. The molecule has 21 heavy (non-hydrogen) atoms. The van der Waals surface area contributed by atoms with Crippen molar-refractivity contribution >= 4 is 0 Å². The molecule has 0 saturated carbocycles. The fourth-order valence-corrected chi connectivity index (χ4v) is 3.20. The molecule has 2 nitrogen and oxygen atoms in total. The minimum Gasteiger partial charge on any atom is -0.312 e. The van der Waals surface area contributed by atoms with Crippen molar-refractivity contribution in [2.45, 2.75) is 32.7 Å². The fraction of sp³-hybridized carbons (Fsp3) is 0.647. The molecule has 1 aliphatic heterocycles. The van der Waals surface area contributed by atoms with Crippen LogP contribution < -0.4 is 5.32 Å². The number of nitrogens with zero attached hydrogens (tertiary/aromatic N) is 1. The SMILES string of the molecule is CNC(CN1CCC(C(C)C)CC1)c1cccc(F)c1F.